The molecule has 112 valence electrons. The van der Waals surface area contributed by atoms with Crippen molar-refractivity contribution in [1.82, 2.24) is 24.9 Å². The van der Waals surface area contributed by atoms with Crippen molar-refractivity contribution >= 4 is 29.1 Å². The third-order valence-corrected chi connectivity index (χ3v) is 3.11. The molecule has 0 spiro atoms. The number of aromatic nitrogens is 4. The molecule has 2 heterocycles. The van der Waals surface area contributed by atoms with Crippen LogP contribution < -0.4 is 10.6 Å². The number of anilines is 1. The highest BCUT2D eigenvalue weighted by Gasteiger charge is 2.21. The summed E-state index contributed by atoms with van der Waals surface area (Å²) in [5.41, 5.74) is 0.680. The highest BCUT2D eigenvalue weighted by atomic mass is 35.5. The molecule has 0 unspecified atom stereocenters. The highest BCUT2D eigenvalue weighted by Crippen LogP contribution is 2.19. The Balaban J connectivity index is 2.32. The number of rotatable bonds is 4. The molecule has 0 aliphatic rings. The first kappa shape index (κ1) is 15.0. The van der Waals surface area contributed by atoms with Crippen LogP contribution >= 0.6 is 11.6 Å². The predicted octanol–water partition coefficient (Wildman–Crippen LogP) is 0.902. The lowest BCUT2D eigenvalue weighted by molar-refractivity contribution is 0.0958. The van der Waals surface area contributed by atoms with Crippen molar-refractivity contribution in [3.63, 3.8) is 0 Å². The van der Waals surface area contributed by atoms with E-state index in [1.807, 2.05) is 6.92 Å². The molecular weight excluding hydrogens is 296 g/mol. The second-order valence-electron chi connectivity index (χ2n) is 4.26. The van der Waals surface area contributed by atoms with Gasteiger partial charge in [-0.15, -0.1) is 0 Å². The second-order valence-corrected chi connectivity index (χ2v) is 4.66. The lowest BCUT2D eigenvalue weighted by Gasteiger charge is -2.07. The van der Waals surface area contributed by atoms with E-state index in [2.05, 4.69) is 20.8 Å². The Morgan fingerprint density at radius 1 is 1.38 bits per heavy atom. The molecule has 9 heteroatoms. The number of nitrogens with one attached hydrogen (secondary N) is 2. The minimum Gasteiger partial charge on any atom is -0.354 e. The Morgan fingerprint density at radius 3 is 2.71 bits per heavy atom. The molecule has 0 bridgehead atoms. The number of carbonyl (C=O) groups is 2. The van der Waals surface area contributed by atoms with Gasteiger partial charge in [0.2, 0.25) is 0 Å². The molecule has 0 aliphatic heterocycles. The van der Waals surface area contributed by atoms with Gasteiger partial charge in [0.05, 0.1) is 16.9 Å². The van der Waals surface area contributed by atoms with Crippen LogP contribution in [0.25, 0.3) is 0 Å². The summed E-state index contributed by atoms with van der Waals surface area (Å²) in [6, 6.07) is 0. The Hall–Kier alpha value is -2.35. The van der Waals surface area contributed by atoms with Crippen molar-refractivity contribution in [2.24, 2.45) is 7.05 Å². The average Bonchev–Trinajstić information content (AvgIpc) is 3.00. The molecule has 2 N–H and O–H groups in total. The Morgan fingerprint density at radius 2 is 2.10 bits per heavy atom. The predicted molar refractivity (Wildman–Crippen MR) is 77.5 cm³/mol. The van der Waals surface area contributed by atoms with Crippen molar-refractivity contribution in [3.05, 3.63) is 28.8 Å². The fraction of sp³-hybridized carbons (Fsp3) is 0.333. The number of carbonyl (C=O) groups excluding carboxylic acids is 2. The van der Waals surface area contributed by atoms with E-state index in [1.165, 1.54) is 22.6 Å². The highest BCUT2D eigenvalue weighted by molar-refractivity contribution is 6.34. The first-order valence-electron chi connectivity index (χ1n) is 6.26. The lowest BCUT2D eigenvalue weighted by atomic mass is 10.3. The Kier molecular flexibility index (Phi) is 4.27. The molecule has 0 radical (unpaired) electrons. The zero-order valence-corrected chi connectivity index (χ0v) is 12.6. The number of hydrogen-bond acceptors (Lipinski definition) is 4. The van der Waals surface area contributed by atoms with Gasteiger partial charge in [0.1, 0.15) is 5.69 Å². The van der Waals surface area contributed by atoms with Crippen molar-refractivity contribution in [3.8, 4) is 0 Å². The van der Waals surface area contributed by atoms with Gasteiger partial charge in [-0.25, -0.2) is 0 Å². The quantitative estimate of drug-likeness (QED) is 0.877. The summed E-state index contributed by atoms with van der Waals surface area (Å²) in [5.74, 6) is -0.835. The van der Waals surface area contributed by atoms with Gasteiger partial charge in [-0.1, -0.05) is 11.6 Å². The standard InChI is InChI=1S/C12H15ClN6O2/c1-4-19-10(7(13)5-15-19)12(21)16-8-6-18(3)17-9(8)11(20)14-2/h5-6H,4H2,1-3H3,(H,14,20)(H,16,21). The van der Waals surface area contributed by atoms with Gasteiger partial charge >= 0.3 is 0 Å². The molecule has 2 rings (SSSR count). The molecule has 0 saturated heterocycles. The van der Waals surface area contributed by atoms with E-state index in [0.717, 1.165) is 0 Å². The van der Waals surface area contributed by atoms with E-state index in [1.54, 1.807) is 13.2 Å². The van der Waals surface area contributed by atoms with Crippen LogP contribution in [0.1, 0.15) is 27.9 Å². The van der Waals surface area contributed by atoms with Gasteiger partial charge in [-0.2, -0.15) is 10.2 Å². The van der Waals surface area contributed by atoms with Crippen molar-refractivity contribution in [1.29, 1.82) is 0 Å². The molecule has 21 heavy (non-hydrogen) atoms. The number of amides is 2. The normalized spacial score (nSPS) is 10.5. The third kappa shape index (κ3) is 2.89. The van der Waals surface area contributed by atoms with E-state index < -0.39 is 5.91 Å². The fourth-order valence-corrected chi connectivity index (χ4v) is 2.10. The first-order chi connectivity index (χ1) is 9.97. The molecule has 0 saturated carbocycles. The lowest BCUT2D eigenvalue weighted by Crippen LogP contribution is -2.22. The van der Waals surface area contributed by atoms with Crippen molar-refractivity contribution in [2.45, 2.75) is 13.5 Å². The van der Waals surface area contributed by atoms with E-state index in [9.17, 15) is 9.59 Å². The maximum atomic E-state index is 12.3. The van der Waals surface area contributed by atoms with Gasteiger partial charge in [0.25, 0.3) is 11.8 Å². The topological polar surface area (TPSA) is 93.8 Å². The summed E-state index contributed by atoms with van der Waals surface area (Å²) in [7, 11) is 3.15. The van der Waals surface area contributed by atoms with Crippen LogP contribution in [0.15, 0.2) is 12.4 Å². The van der Waals surface area contributed by atoms with Crippen LogP contribution in [0.5, 0.6) is 0 Å². The van der Waals surface area contributed by atoms with Crippen LogP contribution in [0.3, 0.4) is 0 Å². The van der Waals surface area contributed by atoms with Gasteiger partial charge in [-0.3, -0.25) is 19.0 Å². The molecule has 0 aliphatic carbocycles. The van der Waals surface area contributed by atoms with Crippen LogP contribution in [-0.4, -0.2) is 38.4 Å². The monoisotopic (exact) mass is 310 g/mol. The Bertz CT molecular complexity index is 690. The van der Waals surface area contributed by atoms with Gasteiger partial charge < -0.3 is 10.6 Å². The summed E-state index contributed by atoms with van der Waals surface area (Å²) < 4.78 is 2.92. The smallest absolute Gasteiger partial charge is 0.275 e. The zero-order valence-electron chi connectivity index (χ0n) is 11.8. The number of hydrogen-bond donors (Lipinski definition) is 2. The number of nitrogens with zero attached hydrogens (tertiary/aromatic N) is 4. The summed E-state index contributed by atoms with van der Waals surface area (Å²) in [6.45, 7) is 2.35. The second kappa shape index (κ2) is 5.96. The average molecular weight is 311 g/mol. The van der Waals surface area contributed by atoms with E-state index in [0.29, 0.717) is 12.2 Å². The molecule has 0 fully saturated rings. The fourth-order valence-electron chi connectivity index (χ4n) is 1.88. The minimum absolute atomic E-state index is 0.132. The van der Waals surface area contributed by atoms with Gasteiger partial charge in [0, 0.05) is 26.8 Å². The van der Waals surface area contributed by atoms with Gasteiger partial charge in [0.15, 0.2) is 5.69 Å². The zero-order chi connectivity index (χ0) is 15.6. The molecule has 2 aromatic heterocycles. The largest absolute Gasteiger partial charge is 0.354 e. The number of aryl methyl sites for hydroxylation is 2. The molecule has 0 atom stereocenters. The van der Waals surface area contributed by atoms with Crippen LogP contribution in [0, 0.1) is 0 Å². The molecular formula is C12H15ClN6O2. The van der Waals surface area contributed by atoms with Gasteiger partial charge in [-0.05, 0) is 6.92 Å². The maximum absolute atomic E-state index is 12.3. The summed E-state index contributed by atoms with van der Waals surface area (Å²) in [4.78, 5) is 24.0. The van der Waals surface area contributed by atoms with Crippen LogP contribution in [0.2, 0.25) is 5.02 Å². The van der Waals surface area contributed by atoms with Crippen molar-refractivity contribution < 1.29 is 9.59 Å². The van der Waals surface area contributed by atoms with Crippen LogP contribution in [0.4, 0.5) is 5.69 Å². The van der Waals surface area contributed by atoms with Crippen molar-refractivity contribution in [2.75, 3.05) is 12.4 Å². The number of halogens is 1. The van der Waals surface area contributed by atoms with E-state index in [-0.39, 0.29) is 22.3 Å². The molecule has 2 amide bonds. The third-order valence-electron chi connectivity index (χ3n) is 2.83. The maximum Gasteiger partial charge on any atom is 0.275 e. The van der Waals surface area contributed by atoms with E-state index in [4.69, 9.17) is 11.6 Å². The summed E-state index contributed by atoms with van der Waals surface area (Å²) >= 11 is 5.98. The molecule has 0 aromatic carbocycles. The minimum atomic E-state index is -0.447. The SMILES string of the molecule is CCn1ncc(Cl)c1C(=O)Nc1cn(C)nc1C(=O)NC. The van der Waals surface area contributed by atoms with E-state index >= 15 is 0 Å². The van der Waals surface area contributed by atoms with Crippen LogP contribution in [-0.2, 0) is 13.6 Å². The molecule has 2 aromatic rings. The summed E-state index contributed by atoms with van der Waals surface area (Å²) in [5, 5.41) is 13.4. The Labute approximate surface area is 126 Å². The first-order valence-corrected chi connectivity index (χ1v) is 6.64. The summed E-state index contributed by atoms with van der Waals surface area (Å²) in [6.07, 6.45) is 2.95. The molecule has 8 nitrogen and oxygen atoms in total.